The predicted octanol–water partition coefficient (Wildman–Crippen LogP) is 3.58. The van der Waals surface area contributed by atoms with E-state index in [2.05, 4.69) is 15.6 Å². The Balaban J connectivity index is 1.51. The second kappa shape index (κ2) is 9.26. The van der Waals surface area contributed by atoms with Gasteiger partial charge in [-0.25, -0.2) is 9.78 Å². The summed E-state index contributed by atoms with van der Waals surface area (Å²) in [4.78, 5) is 30.9. The van der Waals surface area contributed by atoms with Crippen molar-refractivity contribution in [2.24, 2.45) is 5.92 Å². The zero-order chi connectivity index (χ0) is 23.6. The minimum atomic E-state index is -4.43. The minimum Gasteiger partial charge on any atom is -0.484 e. The first-order valence-electron chi connectivity index (χ1n) is 10.4. The number of carbonyl (C=O) groups is 2. The number of hydrogen-bond acceptors (Lipinski definition) is 5. The molecule has 3 heterocycles. The number of aromatic nitrogens is 1. The Labute approximate surface area is 188 Å². The number of rotatable bonds is 6. The summed E-state index contributed by atoms with van der Waals surface area (Å²) in [6.45, 7) is 1.40. The van der Waals surface area contributed by atoms with Gasteiger partial charge in [-0.05, 0) is 42.7 Å². The van der Waals surface area contributed by atoms with Gasteiger partial charge >= 0.3 is 12.2 Å². The molecule has 1 unspecified atom stereocenters. The van der Waals surface area contributed by atoms with Gasteiger partial charge in [-0.3, -0.25) is 9.69 Å². The van der Waals surface area contributed by atoms with Crippen LogP contribution in [0.4, 0.5) is 29.5 Å². The molecule has 0 saturated carbocycles. The maximum atomic E-state index is 13.2. The first-order valence-corrected chi connectivity index (χ1v) is 10.4. The van der Waals surface area contributed by atoms with E-state index in [9.17, 15) is 22.8 Å². The molecule has 0 spiro atoms. The number of benzene rings is 1. The largest absolute Gasteiger partial charge is 0.484 e. The summed E-state index contributed by atoms with van der Waals surface area (Å²) in [6, 6.07) is 6.91. The van der Waals surface area contributed by atoms with E-state index in [0.717, 1.165) is 5.56 Å². The number of aryl methyl sites for hydroxylation is 1. The average Bonchev–Trinajstić information content (AvgIpc) is 2.72. The standard InChI is InChI=1S/C22H23F3N4O4/c1-13-6-18-20(26-8-13)29(9-19(30)27-18)21(31)28-17(7-14-10-32-11-14)15-2-4-16(5-3-15)33-12-22(23,24)25/h2-6,8,14,17H,7,9-12H2,1H3,(H,27,30)(H,28,31). The Bertz CT molecular complexity index is 1030. The van der Waals surface area contributed by atoms with Crippen molar-refractivity contribution in [1.82, 2.24) is 10.3 Å². The van der Waals surface area contributed by atoms with Gasteiger partial charge in [-0.2, -0.15) is 13.2 Å². The molecule has 0 radical (unpaired) electrons. The van der Waals surface area contributed by atoms with Crippen molar-refractivity contribution in [3.63, 3.8) is 0 Å². The number of hydrogen-bond donors (Lipinski definition) is 2. The Morgan fingerprint density at radius 3 is 2.70 bits per heavy atom. The third-order valence-corrected chi connectivity index (χ3v) is 5.34. The predicted molar refractivity (Wildman–Crippen MR) is 113 cm³/mol. The Morgan fingerprint density at radius 1 is 1.33 bits per heavy atom. The molecular weight excluding hydrogens is 441 g/mol. The number of pyridine rings is 1. The molecule has 2 aliphatic heterocycles. The number of anilines is 2. The average molecular weight is 464 g/mol. The highest BCUT2D eigenvalue weighted by Crippen LogP contribution is 2.31. The molecular formula is C22H23F3N4O4. The lowest BCUT2D eigenvalue weighted by Crippen LogP contribution is -2.49. The molecule has 2 N–H and O–H groups in total. The van der Waals surface area contributed by atoms with Crippen LogP contribution < -0.4 is 20.3 Å². The quantitative estimate of drug-likeness (QED) is 0.682. The van der Waals surface area contributed by atoms with Crippen LogP contribution in [0.5, 0.6) is 5.75 Å². The van der Waals surface area contributed by atoms with Crippen LogP contribution in [0.2, 0.25) is 0 Å². The van der Waals surface area contributed by atoms with Crippen molar-refractivity contribution in [1.29, 1.82) is 0 Å². The van der Waals surface area contributed by atoms with Gasteiger partial charge in [-0.15, -0.1) is 0 Å². The van der Waals surface area contributed by atoms with Crippen molar-refractivity contribution in [2.75, 3.05) is 36.6 Å². The van der Waals surface area contributed by atoms with E-state index < -0.39 is 24.9 Å². The molecule has 3 amide bonds. The number of nitrogens with zero attached hydrogens (tertiary/aromatic N) is 2. The van der Waals surface area contributed by atoms with Crippen LogP contribution in [-0.2, 0) is 9.53 Å². The molecule has 176 valence electrons. The SMILES string of the molecule is Cc1cnc2c(c1)NC(=O)CN2C(=O)NC(CC1COC1)c1ccc(OCC(F)(F)F)cc1. The molecule has 8 nitrogen and oxygen atoms in total. The first-order chi connectivity index (χ1) is 15.7. The molecule has 33 heavy (non-hydrogen) atoms. The van der Waals surface area contributed by atoms with Gasteiger partial charge < -0.3 is 20.1 Å². The number of urea groups is 1. The summed E-state index contributed by atoms with van der Waals surface area (Å²) in [5.41, 5.74) is 2.00. The van der Waals surface area contributed by atoms with Crippen molar-refractivity contribution in [3.05, 3.63) is 47.7 Å². The Kier molecular flexibility index (Phi) is 6.41. The number of fused-ring (bicyclic) bond motifs is 1. The van der Waals surface area contributed by atoms with Crippen LogP contribution in [0, 0.1) is 12.8 Å². The topological polar surface area (TPSA) is 92.8 Å². The second-order valence-corrected chi connectivity index (χ2v) is 8.13. The van der Waals surface area contributed by atoms with Gasteiger partial charge in [0.2, 0.25) is 5.91 Å². The van der Waals surface area contributed by atoms with E-state index >= 15 is 0 Å². The molecule has 4 rings (SSSR count). The smallest absolute Gasteiger partial charge is 0.422 e. The molecule has 1 aromatic heterocycles. The lowest BCUT2D eigenvalue weighted by molar-refractivity contribution is -0.153. The van der Waals surface area contributed by atoms with Crippen LogP contribution in [0.25, 0.3) is 0 Å². The molecule has 11 heteroatoms. The number of alkyl halides is 3. The molecule has 2 aliphatic rings. The molecule has 1 fully saturated rings. The van der Waals surface area contributed by atoms with Gasteiger partial charge in [0, 0.05) is 12.1 Å². The number of nitrogens with one attached hydrogen (secondary N) is 2. The third kappa shape index (κ3) is 5.72. The zero-order valence-electron chi connectivity index (χ0n) is 17.8. The van der Waals surface area contributed by atoms with Crippen molar-refractivity contribution in [3.8, 4) is 5.75 Å². The monoisotopic (exact) mass is 464 g/mol. The van der Waals surface area contributed by atoms with E-state index in [4.69, 9.17) is 9.47 Å². The maximum Gasteiger partial charge on any atom is 0.422 e. The minimum absolute atomic E-state index is 0.0781. The van der Waals surface area contributed by atoms with Crippen LogP contribution in [0.1, 0.15) is 23.6 Å². The lowest BCUT2D eigenvalue weighted by Gasteiger charge is -2.33. The van der Waals surface area contributed by atoms with E-state index in [-0.39, 0.29) is 24.1 Å². The summed E-state index contributed by atoms with van der Waals surface area (Å²) in [6.07, 6.45) is -2.24. The van der Waals surface area contributed by atoms with E-state index in [1.807, 2.05) is 6.92 Å². The van der Waals surface area contributed by atoms with Gasteiger partial charge in [0.1, 0.15) is 12.3 Å². The van der Waals surface area contributed by atoms with Crippen LogP contribution in [0.3, 0.4) is 0 Å². The van der Waals surface area contributed by atoms with E-state index in [1.165, 1.54) is 17.0 Å². The molecule has 1 atom stereocenters. The zero-order valence-corrected chi connectivity index (χ0v) is 17.8. The summed E-state index contributed by atoms with van der Waals surface area (Å²) in [7, 11) is 0. The van der Waals surface area contributed by atoms with Gasteiger partial charge in [0.05, 0.1) is 24.9 Å². The summed E-state index contributed by atoms with van der Waals surface area (Å²) in [5, 5.41) is 5.66. The number of halogens is 3. The second-order valence-electron chi connectivity index (χ2n) is 8.13. The molecule has 0 bridgehead atoms. The highest BCUT2D eigenvalue weighted by atomic mass is 19.4. The summed E-state index contributed by atoms with van der Waals surface area (Å²) in [5.74, 6) is 0.322. The van der Waals surface area contributed by atoms with Crippen LogP contribution >= 0.6 is 0 Å². The molecule has 2 aromatic rings. The highest BCUT2D eigenvalue weighted by molar-refractivity contribution is 6.08. The van der Waals surface area contributed by atoms with Crippen molar-refractivity contribution >= 4 is 23.4 Å². The summed E-state index contributed by atoms with van der Waals surface area (Å²) >= 11 is 0. The third-order valence-electron chi connectivity index (χ3n) is 5.34. The number of ether oxygens (including phenoxy) is 2. The number of amides is 3. The fraction of sp³-hybridized carbons (Fsp3) is 0.409. The number of carbonyl (C=O) groups excluding carboxylic acids is 2. The fourth-order valence-electron chi connectivity index (χ4n) is 3.67. The normalized spacial score (nSPS) is 17.0. The summed E-state index contributed by atoms with van der Waals surface area (Å²) < 4.78 is 47.2. The van der Waals surface area contributed by atoms with Crippen LogP contribution in [-0.4, -0.2) is 49.5 Å². The molecule has 0 aliphatic carbocycles. The lowest BCUT2D eigenvalue weighted by atomic mass is 9.93. The molecule has 1 aromatic carbocycles. The van der Waals surface area contributed by atoms with E-state index in [1.54, 1.807) is 24.4 Å². The van der Waals surface area contributed by atoms with Crippen LogP contribution in [0.15, 0.2) is 36.5 Å². The fourth-order valence-corrected chi connectivity index (χ4v) is 3.67. The van der Waals surface area contributed by atoms with Gasteiger partial charge in [0.15, 0.2) is 12.4 Å². The van der Waals surface area contributed by atoms with Gasteiger partial charge in [-0.1, -0.05) is 12.1 Å². The van der Waals surface area contributed by atoms with Crippen molar-refractivity contribution in [2.45, 2.75) is 25.6 Å². The highest BCUT2D eigenvalue weighted by Gasteiger charge is 2.32. The van der Waals surface area contributed by atoms with E-state index in [0.29, 0.717) is 36.7 Å². The van der Waals surface area contributed by atoms with Gasteiger partial charge in [0.25, 0.3) is 0 Å². The van der Waals surface area contributed by atoms with Crippen molar-refractivity contribution < 1.29 is 32.2 Å². The maximum absolute atomic E-state index is 13.2. The Hall–Kier alpha value is -3.34. The Morgan fingerprint density at radius 2 is 2.06 bits per heavy atom. The molecule has 1 saturated heterocycles. The first kappa shape index (κ1) is 22.8.